The van der Waals surface area contributed by atoms with E-state index in [0.717, 1.165) is 12.0 Å². The highest BCUT2D eigenvalue weighted by Gasteiger charge is 2.35. The maximum absolute atomic E-state index is 11.1. The van der Waals surface area contributed by atoms with Crippen LogP contribution in [0, 0.1) is 5.92 Å². The molecule has 2 aliphatic carbocycles. The second-order valence-electron chi connectivity index (χ2n) is 2.90. The molecule has 11 heavy (non-hydrogen) atoms. The molecule has 1 fully saturated rings. The van der Waals surface area contributed by atoms with Crippen LogP contribution in [0.15, 0.2) is 23.8 Å². The van der Waals surface area contributed by atoms with Crippen LogP contribution in [0.4, 0.5) is 0 Å². The van der Waals surface area contributed by atoms with Crippen LogP contribution in [0.25, 0.3) is 0 Å². The fourth-order valence-corrected chi connectivity index (χ4v) is 1.61. The highest BCUT2D eigenvalue weighted by Crippen LogP contribution is 2.30. The van der Waals surface area contributed by atoms with Gasteiger partial charge in [-0.2, -0.15) is 0 Å². The first kappa shape index (κ1) is 6.53. The largest absolute Gasteiger partial charge is 0.299 e. The van der Waals surface area contributed by atoms with Gasteiger partial charge in [-0.05, 0) is 6.42 Å². The minimum absolute atomic E-state index is 0.0179. The summed E-state index contributed by atoms with van der Waals surface area (Å²) in [5, 5.41) is 0. The fourth-order valence-electron chi connectivity index (χ4n) is 1.61. The lowest BCUT2D eigenvalue weighted by Gasteiger charge is -2.08. The van der Waals surface area contributed by atoms with Crippen LogP contribution in [0.1, 0.15) is 12.8 Å². The van der Waals surface area contributed by atoms with Crippen molar-refractivity contribution < 1.29 is 9.59 Å². The van der Waals surface area contributed by atoms with Gasteiger partial charge in [0.25, 0.3) is 0 Å². The summed E-state index contributed by atoms with van der Waals surface area (Å²) >= 11 is 0. The Balaban J connectivity index is 2.42. The van der Waals surface area contributed by atoms with Gasteiger partial charge in [-0.25, -0.2) is 0 Å². The molecule has 0 spiro atoms. The van der Waals surface area contributed by atoms with Crippen LogP contribution >= 0.6 is 0 Å². The van der Waals surface area contributed by atoms with Gasteiger partial charge in [0.15, 0.2) is 5.78 Å². The third-order valence-electron chi connectivity index (χ3n) is 2.20. The number of carbonyl (C=O) groups is 2. The van der Waals surface area contributed by atoms with Gasteiger partial charge in [-0.15, -0.1) is 0 Å². The first-order chi connectivity index (χ1) is 5.29. The molecular weight excluding hydrogens is 140 g/mol. The van der Waals surface area contributed by atoms with Gasteiger partial charge in [-0.3, -0.25) is 9.59 Å². The monoisotopic (exact) mass is 148 g/mol. The second kappa shape index (κ2) is 2.16. The number of hydrogen-bond donors (Lipinski definition) is 0. The zero-order valence-corrected chi connectivity index (χ0v) is 6.04. The van der Waals surface area contributed by atoms with Crippen molar-refractivity contribution in [3.05, 3.63) is 23.8 Å². The topological polar surface area (TPSA) is 34.1 Å². The van der Waals surface area contributed by atoms with Gasteiger partial charge in [0.2, 0.25) is 0 Å². The maximum atomic E-state index is 11.1. The lowest BCUT2D eigenvalue weighted by atomic mass is 9.94. The maximum Gasteiger partial charge on any atom is 0.166 e. The van der Waals surface area contributed by atoms with Crippen molar-refractivity contribution in [2.45, 2.75) is 12.8 Å². The molecule has 0 N–H and O–H groups in total. The van der Waals surface area contributed by atoms with Crippen molar-refractivity contribution in [2.75, 3.05) is 0 Å². The molecule has 0 amide bonds. The minimum Gasteiger partial charge on any atom is -0.299 e. The molecule has 1 atom stereocenters. The van der Waals surface area contributed by atoms with Gasteiger partial charge in [-0.1, -0.05) is 18.2 Å². The van der Waals surface area contributed by atoms with E-state index in [0.29, 0.717) is 0 Å². The Labute approximate surface area is 64.6 Å². The quantitative estimate of drug-likeness (QED) is 0.481. The molecule has 0 saturated heterocycles. The van der Waals surface area contributed by atoms with Crippen molar-refractivity contribution in [3.63, 3.8) is 0 Å². The molecular formula is C9H8O2. The number of hydrogen-bond acceptors (Lipinski definition) is 2. The van der Waals surface area contributed by atoms with Crippen molar-refractivity contribution in [3.8, 4) is 0 Å². The van der Waals surface area contributed by atoms with E-state index in [-0.39, 0.29) is 23.9 Å². The Morgan fingerprint density at radius 1 is 1.36 bits per heavy atom. The first-order valence-corrected chi connectivity index (χ1v) is 3.71. The third-order valence-corrected chi connectivity index (χ3v) is 2.20. The average molecular weight is 148 g/mol. The van der Waals surface area contributed by atoms with Crippen molar-refractivity contribution >= 4 is 11.6 Å². The molecule has 0 heterocycles. The molecule has 1 saturated carbocycles. The molecule has 0 aliphatic heterocycles. The molecule has 0 radical (unpaired) electrons. The van der Waals surface area contributed by atoms with E-state index in [2.05, 4.69) is 0 Å². The Morgan fingerprint density at radius 2 is 2.18 bits per heavy atom. The summed E-state index contributed by atoms with van der Waals surface area (Å²) in [5.74, 6) is 0.00227. The van der Waals surface area contributed by atoms with Crippen LogP contribution < -0.4 is 0 Å². The van der Waals surface area contributed by atoms with Gasteiger partial charge in [0, 0.05) is 5.57 Å². The molecule has 0 aromatic heterocycles. The Kier molecular flexibility index (Phi) is 1.28. The van der Waals surface area contributed by atoms with Gasteiger partial charge in [0.05, 0.1) is 12.3 Å². The fraction of sp³-hybridized carbons (Fsp3) is 0.333. The molecule has 1 unspecified atom stereocenters. The van der Waals surface area contributed by atoms with Crippen molar-refractivity contribution in [2.24, 2.45) is 5.92 Å². The molecule has 2 nitrogen and oxygen atoms in total. The van der Waals surface area contributed by atoms with Gasteiger partial charge in [0.1, 0.15) is 5.78 Å². The van der Waals surface area contributed by atoms with Crippen LogP contribution in [0.2, 0.25) is 0 Å². The van der Waals surface area contributed by atoms with Crippen LogP contribution in [0.3, 0.4) is 0 Å². The number of carbonyl (C=O) groups excluding carboxylic acids is 2. The Morgan fingerprint density at radius 3 is 2.91 bits per heavy atom. The molecule has 0 aromatic carbocycles. The Hall–Kier alpha value is -1.18. The highest BCUT2D eigenvalue weighted by molar-refractivity contribution is 6.18. The lowest BCUT2D eigenvalue weighted by Crippen LogP contribution is -2.08. The van der Waals surface area contributed by atoms with Crippen molar-refractivity contribution in [1.82, 2.24) is 0 Å². The zero-order valence-electron chi connectivity index (χ0n) is 6.04. The number of ketones is 2. The molecule has 2 rings (SSSR count). The number of fused-ring (bicyclic) bond motifs is 1. The van der Waals surface area contributed by atoms with Crippen LogP contribution in [0.5, 0.6) is 0 Å². The summed E-state index contributed by atoms with van der Waals surface area (Å²) in [5.41, 5.74) is 0.720. The van der Waals surface area contributed by atoms with E-state index in [1.807, 2.05) is 12.2 Å². The molecule has 2 aliphatic rings. The van der Waals surface area contributed by atoms with E-state index < -0.39 is 0 Å². The summed E-state index contributed by atoms with van der Waals surface area (Å²) in [4.78, 5) is 22.2. The predicted molar refractivity (Wildman–Crippen MR) is 40.0 cm³/mol. The predicted octanol–water partition coefficient (Wildman–Crippen LogP) is 1.03. The lowest BCUT2D eigenvalue weighted by molar-refractivity contribution is -0.122. The minimum atomic E-state index is -0.104. The second-order valence-corrected chi connectivity index (χ2v) is 2.90. The number of rotatable bonds is 0. The summed E-state index contributed by atoms with van der Waals surface area (Å²) in [7, 11) is 0. The summed E-state index contributed by atoms with van der Waals surface area (Å²) in [6.07, 6.45) is 6.39. The molecule has 0 aromatic rings. The third kappa shape index (κ3) is 0.862. The molecule has 56 valence electrons. The standard InChI is InChI=1S/C9H8O2/c10-8-5-9(11)7-4-2-1-3-6(7)8/h1-3,7H,4-5H2. The number of Topliss-reactive ketones (excluding diaryl/α,β-unsaturated/α-hetero) is 2. The normalized spacial score (nSPS) is 28.7. The SMILES string of the molecule is O=C1CC(=O)C2CC=CC=C12. The summed E-state index contributed by atoms with van der Waals surface area (Å²) < 4.78 is 0. The summed E-state index contributed by atoms with van der Waals surface area (Å²) in [6.45, 7) is 0. The van der Waals surface area contributed by atoms with Gasteiger partial charge >= 0.3 is 0 Å². The zero-order chi connectivity index (χ0) is 7.84. The Bertz CT molecular complexity index is 284. The van der Waals surface area contributed by atoms with Crippen LogP contribution in [-0.2, 0) is 9.59 Å². The van der Waals surface area contributed by atoms with Gasteiger partial charge < -0.3 is 0 Å². The molecule has 0 bridgehead atoms. The molecule has 2 heteroatoms. The van der Waals surface area contributed by atoms with E-state index in [9.17, 15) is 9.59 Å². The summed E-state index contributed by atoms with van der Waals surface area (Å²) in [6, 6.07) is 0. The average Bonchev–Trinajstić information content (AvgIpc) is 2.30. The van der Waals surface area contributed by atoms with Crippen molar-refractivity contribution in [1.29, 1.82) is 0 Å². The van der Waals surface area contributed by atoms with E-state index >= 15 is 0 Å². The smallest absolute Gasteiger partial charge is 0.166 e. The van der Waals surface area contributed by atoms with E-state index in [4.69, 9.17) is 0 Å². The number of allylic oxidation sites excluding steroid dienone is 4. The van der Waals surface area contributed by atoms with E-state index in [1.54, 1.807) is 6.08 Å². The van der Waals surface area contributed by atoms with Crippen LogP contribution in [-0.4, -0.2) is 11.6 Å². The first-order valence-electron chi connectivity index (χ1n) is 3.71. The highest BCUT2D eigenvalue weighted by atomic mass is 16.2. The van der Waals surface area contributed by atoms with E-state index in [1.165, 1.54) is 0 Å².